The molecular formula is C15H20N2OS. The van der Waals surface area contributed by atoms with Crippen LogP contribution in [0.25, 0.3) is 0 Å². The van der Waals surface area contributed by atoms with Crippen molar-refractivity contribution >= 4 is 11.3 Å². The number of nitrogens with zero attached hydrogens (tertiary/aromatic N) is 1. The van der Waals surface area contributed by atoms with E-state index in [0.717, 1.165) is 18.0 Å². The SMILES string of the molecule is CCNC(c1cc(C)c(C)s1)c1ncccc1OC. The van der Waals surface area contributed by atoms with Gasteiger partial charge in [-0.3, -0.25) is 4.98 Å². The van der Waals surface area contributed by atoms with Crippen molar-refractivity contribution in [1.29, 1.82) is 0 Å². The largest absolute Gasteiger partial charge is 0.495 e. The van der Waals surface area contributed by atoms with Gasteiger partial charge >= 0.3 is 0 Å². The Labute approximate surface area is 118 Å². The number of thiophene rings is 1. The first-order chi connectivity index (χ1) is 9.17. The van der Waals surface area contributed by atoms with Crippen molar-refractivity contribution in [1.82, 2.24) is 10.3 Å². The lowest BCUT2D eigenvalue weighted by molar-refractivity contribution is 0.401. The molecular weight excluding hydrogens is 256 g/mol. The van der Waals surface area contributed by atoms with Gasteiger partial charge in [-0.15, -0.1) is 11.3 Å². The maximum Gasteiger partial charge on any atom is 0.142 e. The Morgan fingerprint density at radius 2 is 2.21 bits per heavy atom. The zero-order valence-electron chi connectivity index (χ0n) is 11.9. The summed E-state index contributed by atoms with van der Waals surface area (Å²) in [5.74, 6) is 0.831. The lowest BCUT2D eigenvalue weighted by Crippen LogP contribution is -2.22. The second-order valence-electron chi connectivity index (χ2n) is 4.47. The standard InChI is InChI=1S/C15H20N2OS/c1-5-16-15(13-9-10(2)11(3)19-13)14-12(18-4)7-6-8-17-14/h6-9,15-16H,5H2,1-4H3. The number of rotatable bonds is 5. The smallest absolute Gasteiger partial charge is 0.142 e. The van der Waals surface area contributed by atoms with Crippen LogP contribution in [0.2, 0.25) is 0 Å². The second-order valence-corrected chi connectivity index (χ2v) is 5.76. The third-order valence-corrected chi connectivity index (χ3v) is 4.39. The lowest BCUT2D eigenvalue weighted by atomic mass is 10.1. The molecule has 0 saturated heterocycles. The Morgan fingerprint density at radius 1 is 1.42 bits per heavy atom. The first kappa shape index (κ1) is 14.0. The van der Waals surface area contributed by atoms with Gasteiger partial charge in [0.15, 0.2) is 0 Å². The van der Waals surface area contributed by atoms with Crippen molar-refractivity contribution in [3.8, 4) is 5.75 Å². The van der Waals surface area contributed by atoms with Crippen LogP contribution in [0.15, 0.2) is 24.4 Å². The molecule has 4 heteroatoms. The third kappa shape index (κ3) is 2.96. The quantitative estimate of drug-likeness (QED) is 0.908. The summed E-state index contributed by atoms with van der Waals surface area (Å²) in [5, 5.41) is 3.50. The van der Waals surface area contributed by atoms with Crippen molar-refractivity contribution in [2.24, 2.45) is 0 Å². The van der Waals surface area contributed by atoms with E-state index in [9.17, 15) is 0 Å². The van der Waals surface area contributed by atoms with Gasteiger partial charge in [0.05, 0.1) is 13.2 Å². The predicted molar refractivity (Wildman–Crippen MR) is 80.1 cm³/mol. The van der Waals surface area contributed by atoms with Gasteiger partial charge in [-0.25, -0.2) is 0 Å². The molecule has 0 spiro atoms. The van der Waals surface area contributed by atoms with E-state index in [1.165, 1.54) is 15.3 Å². The molecule has 2 rings (SSSR count). The molecule has 19 heavy (non-hydrogen) atoms. The van der Waals surface area contributed by atoms with E-state index in [1.807, 2.05) is 29.7 Å². The van der Waals surface area contributed by atoms with E-state index in [4.69, 9.17) is 4.74 Å². The monoisotopic (exact) mass is 276 g/mol. The number of hydrogen-bond acceptors (Lipinski definition) is 4. The summed E-state index contributed by atoms with van der Waals surface area (Å²) >= 11 is 1.82. The number of aromatic nitrogens is 1. The molecule has 1 N–H and O–H groups in total. The van der Waals surface area contributed by atoms with Crippen LogP contribution in [0.1, 0.15) is 34.0 Å². The highest BCUT2D eigenvalue weighted by molar-refractivity contribution is 7.12. The van der Waals surface area contributed by atoms with Crippen molar-refractivity contribution in [3.05, 3.63) is 45.4 Å². The molecule has 0 radical (unpaired) electrons. The normalized spacial score (nSPS) is 12.4. The fourth-order valence-corrected chi connectivity index (χ4v) is 3.19. The summed E-state index contributed by atoms with van der Waals surface area (Å²) in [6.45, 7) is 7.30. The maximum atomic E-state index is 5.43. The fraction of sp³-hybridized carbons (Fsp3) is 0.400. The Bertz CT molecular complexity index is 531. The summed E-state index contributed by atoms with van der Waals surface area (Å²) in [6, 6.07) is 6.19. The molecule has 3 nitrogen and oxygen atoms in total. The molecule has 0 bridgehead atoms. The van der Waals surface area contributed by atoms with Gasteiger partial charge in [-0.05, 0) is 44.2 Å². The molecule has 1 atom stereocenters. The summed E-state index contributed by atoms with van der Waals surface area (Å²) in [6.07, 6.45) is 1.81. The minimum absolute atomic E-state index is 0.0959. The zero-order chi connectivity index (χ0) is 13.8. The third-order valence-electron chi connectivity index (χ3n) is 3.17. The molecule has 0 amide bonds. The number of methoxy groups -OCH3 is 1. The van der Waals surface area contributed by atoms with Crippen LogP contribution in [-0.4, -0.2) is 18.6 Å². The fourth-order valence-electron chi connectivity index (χ4n) is 2.07. The molecule has 1 unspecified atom stereocenters. The van der Waals surface area contributed by atoms with Gasteiger partial charge in [-0.2, -0.15) is 0 Å². The van der Waals surface area contributed by atoms with Crippen LogP contribution in [0.4, 0.5) is 0 Å². The van der Waals surface area contributed by atoms with Gasteiger partial charge in [0.1, 0.15) is 11.4 Å². The summed E-state index contributed by atoms with van der Waals surface area (Å²) in [5.41, 5.74) is 2.28. The van der Waals surface area contributed by atoms with E-state index in [1.54, 1.807) is 7.11 Å². The molecule has 2 aromatic rings. The second kappa shape index (κ2) is 6.17. The Kier molecular flexibility index (Phi) is 4.56. The van der Waals surface area contributed by atoms with Gasteiger partial charge in [-0.1, -0.05) is 6.92 Å². The van der Waals surface area contributed by atoms with Crippen LogP contribution < -0.4 is 10.1 Å². The van der Waals surface area contributed by atoms with Crippen molar-refractivity contribution < 1.29 is 4.74 Å². The highest BCUT2D eigenvalue weighted by Gasteiger charge is 2.20. The summed E-state index contributed by atoms with van der Waals surface area (Å²) in [7, 11) is 1.69. The summed E-state index contributed by atoms with van der Waals surface area (Å²) in [4.78, 5) is 7.14. The van der Waals surface area contributed by atoms with E-state index < -0.39 is 0 Å². The van der Waals surface area contributed by atoms with Crippen molar-refractivity contribution in [2.45, 2.75) is 26.8 Å². The molecule has 0 saturated carbocycles. The van der Waals surface area contributed by atoms with Gasteiger partial charge in [0, 0.05) is 16.0 Å². The van der Waals surface area contributed by atoms with Crippen LogP contribution in [0, 0.1) is 13.8 Å². The van der Waals surface area contributed by atoms with Crippen LogP contribution >= 0.6 is 11.3 Å². The zero-order valence-corrected chi connectivity index (χ0v) is 12.7. The number of aryl methyl sites for hydroxylation is 2. The first-order valence-corrected chi connectivity index (χ1v) is 7.28. The first-order valence-electron chi connectivity index (χ1n) is 6.46. The number of pyridine rings is 1. The van der Waals surface area contributed by atoms with Crippen LogP contribution in [0.3, 0.4) is 0 Å². The Balaban J connectivity index is 2.44. The Morgan fingerprint density at radius 3 is 2.79 bits per heavy atom. The molecule has 2 heterocycles. The number of ether oxygens (including phenoxy) is 1. The average molecular weight is 276 g/mol. The molecule has 102 valence electrons. The highest BCUT2D eigenvalue weighted by Crippen LogP contribution is 2.33. The number of hydrogen-bond donors (Lipinski definition) is 1. The minimum Gasteiger partial charge on any atom is -0.495 e. The molecule has 0 aliphatic carbocycles. The molecule has 0 aromatic carbocycles. The molecule has 2 aromatic heterocycles. The maximum absolute atomic E-state index is 5.43. The Hall–Kier alpha value is -1.39. The van der Waals surface area contributed by atoms with Crippen molar-refractivity contribution in [3.63, 3.8) is 0 Å². The van der Waals surface area contributed by atoms with Crippen LogP contribution in [0.5, 0.6) is 5.75 Å². The van der Waals surface area contributed by atoms with E-state index in [-0.39, 0.29) is 6.04 Å². The highest BCUT2D eigenvalue weighted by atomic mass is 32.1. The van der Waals surface area contributed by atoms with Gasteiger partial charge < -0.3 is 10.1 Å². The topological polar surface area (TPSA) is 34.2 Å². The summed E-state index contributed by atoms with van der Waals surface area (Å²) < 4.78 is 5.43. The lowest BCUT2D eigenvalue weighted by Gasteiger charge is -2.18. The van der Waals surface area contributed by atoms with Gasteiger partial charge in [0.2, 0.25) is 0 Å². The van der Waals surface area contributed by atoms with Crippen molar-refractivity contribution in [2.75, 3.05) is 13.7 Å². The van der Waals surface area contributed by atoms with E-state index in [0.29, 0.717) is 0 Å². The van der Waals surface area contributed by atoms with Crippen LogP contribution in [-0.2, 0) is 0 Å². The van der Waals surface area contributed by atoms with E-state index in [2.05, 4.69) is 37.1 Å². The predicted octanol–water partition coefficient (Wildman–Crippen LogP) is 3.47. The van der Waals surface area contributed by atoms with E-state index >= 15 is 0 Å². The molecule has 0 aliphatic rings. The van der Waals surface area contributed by atoms with Gasteiger partial charge in [0.25, 0.3) is 0 Å². The minimum atomic E-state index is 0.0959. The number of nitrogens with one attached hydrogen (secondary N) is 1. The average Bonchev–Trinajstić information content (AvgIpc) is 2.76. The molecule has 0 aliphatic heterocycles. The molecule has 0 fully saturated rings.